The first-order valence-electron chi connectivity index (χ1n) is 7.40. The van der Waals surface area contributed by atoms with Crippen molar-refractivity contribution in [1.82, 2.24) is 15.6 Å². The van der Waals surface area contributed by atoms with Gasteiger partial charge in [-0.1, -0.05) is 18.2 Å². The van der Waals surface area contributed by atoms with E-state index in [-0.39, 0.29) is 0 Å². The molecule has 1 unspecified atom stereocenters. The van der Waals surface area contributed by atoms with E-state index in [4.69, 9.17) is 0 Å². The minimum atomic E-state index is 0.816. The fourth-order valence-electron chi connectivity index (χ4n) is 2.97. The molecule has 1 atom stereocenters. The monoisotopic (exact) mass is 257 g/mol. The summed E-state index contributed by atoms with van der Waals surface area (Å²) in [4.78, 5) is 3.34. The van der Waals surface area contributed by atoms with E-state index in [1.807, 2.05) is 0 Å². The van der Waals surface area contributed by atoms with Gasteiger partial charge in [0, 0.05) is 17.1 Å². The lowest BCUT2D eigenvalue weighted by atomic mass is 10.00. The number of hydrogen-bond acceptors (Lipinski definition) is 2. The van der Waals surface area contributed by atoms with Crippen LogP contribution in [0, 0.1) is 5.92 Å². The molecule has 19 heavy (non-hydrogen) atoms. The van der Waals surface area contributed by atoms with Crippen molar-refractivity contribution in [3.63, 3.8) is 0 Å². The van der Waals surface area contributed by atoms with Gasteiger partial charge in [-0.05, 0) is 63.0 Å². The van der Waals surface area contributed by atoms with Crippen molar-refractivity contribution in [1.29, 1.82) is 0 Å². The molecular weight excluding hydrogens is 234 g/mol. The van der Waals surface area contributed by atoms with E-state index < -0.39 is 0 Å². The maximum atomic E-state index is 3.60. The Labute approximate surface area is 114 Å². The lowest BCUT2D eigenvalue weighted by molar-refractivity contribution is 0.361. The SMILES string of the molecule is c1ccc2c(CCNCC3CCCNC3)c[nH]c2c1. The van der Waals surface area contributed by atoms with Gasteiger partial charge in [-0.2, -0.15) is 0 Å². The normalized spacial score (nSPS) is 19.9. The number of para-hydroxylation sites is 1. The van der Waals surface area contributed by atoms with Crippen molar-refractivity contribution < 1.29 is 0 Å². The summed E-state index contributed by atoms with van der Waals surface area (Å²) < 4.78 is 0. The molecule has 0 radical (unpaired) electrons. The molecule has 2 aromatic rings. The van der Waals surface area contributed by atoms with Crippen molar-refractivity contribution >= 4 is 10.9 Å². The summed E-state index contributed by atoms with van der Waals surface area (Å²) in [5.41, 5.74) is 2.67. The Morgan fingerprint density at radius 3 is 3.11 bits per heavy atom. The van der Waals surface area contributed by atoms with Crippen LogP contribution in [-0.2, 0) is 6.42 Å². The molecular formula is C16H23N3. The fraction of sp³-hybridized carbons (Fsp3) is 0.500. The van der Waals surface area contributed by atoms with Crippen molar-refractivity contribution in [2.45, 2.75) is 19.3 Å². The molecule has 1 saturated heterocycles. The average molecular weight is 257 g/mol. The van der Waals surface area contributed by atoms with Crippen LogP contribution < -0.4 is 10.6 Å². The van der Waals surface area contributed by atoms with Crippen LogP contribution in [0.25, 0.3) is 10.9 Å². The molecule has 0 amide bonds. The molecule has 0 bridgehead atoms. The zero-order valence-corrected chi connectivity index (χ0v) is 11.4. The molecule has 2 heterocycles. The minimum absolute atomic E-state index is 0.816. The highest BCUT2D eigenvalue weighted by Gasteiger charge is 2.11. The number of aromatic nitrogens is 1. The fourth-order valence-corrected chi connectivity index (χ4v) is 2.97. The summed E-state index contributed by atoms with van der Waals surface area (Å²) in [6.07, 6.45) is 5.94. The van der Waals surface area contributed by atoms with Crippen LogP contribution in [0.3, 0.4) is 0 Å². The van der Waals surface area contributed by atoms with Crippen molar-refractivity contribution in [2.75, 3.05) is 26.2 Å². The number of fused-ring (bicyclic) bond motifs is 1. The van der Waals surface area contributed by atoms with Gasteiger partial charge in [0.1, 0.15) is 0 Å². The molecule has 102 valence electrons. The Morgan fingerprint density at radius 1 is 1.26 bits per heavy atom. The highest BCUT2D eigenvalue weighted by Crippen LogP contribution is 2.17. The van der Waals surface area contributed by atoms with Crippen LogP contribution in [-0.4, -0.2) is 31.2 Å². The quantitative estimate of drug-likeness (QED) is 0.719. The first kappa shape index (κ1) is 12.7. The number of nitrogens with one attached hydrogen (secondary N) is 3. The van der Waals surface area contributed by atoms with E-state index in [1.54, 1.807) is 0 Å². The Hall–Kier alpha value is -1.32. The van der Waals surface area contributed by atoms with E-state index >= 15 is 0 Å². The highest BCUT2D eigenvalue weighted by molar-refractivity contribution is 5.83. The minimum Gasteiger partial charge on any atom is -0.361 e. The molecule has 1 fully saturated rings. The second kappa shape index (κ2) is 6.22. The molecule has 0 saturated carbocycles. The summed E-state index contributed by atoms with van der Waals surface area (Å²) in [5.74, 6) is 0.816. The zero-order chi connectivity index (χ0) is 12.9. The topological polar surface area (TPSA) is 39.8 Å². The second-order valence-electron chi connectivity index (χ2n) is 5.53. The predicted octanol–water partition coefficient (Wildman–Crippen LogP) is 2.30. The molecule has 1 aliphatic rings. The Kier molecular flexibility index (Phi) is 4.16. The van der Waals surface area contributed by atoms with Crippen molar-refractivity contribution in [3.05, 3.63) is 36.0 Å². The summed E-state index contributed by atoms with van der Waals surface area (Å²) in [5, 5.41) is 8.44. The number of rotatable bonds is 5. The number of piperidine rings is 1. The molecule has 3 nitrogen and oxygen atoms in total. The van der Waals surface area contributed by atoms with E-state index in [1.165, 1.54) is 42.4 Å². The maximum absolute atomic E-state index is 3.60. The number of benzene rings is 1. The van der Waals surface area contributed by atoms with E-state index in [2.05, 4.69) is 46.1 Å². The first-order valence-corrected chi connectivity index (χ1v) is 7.40. The third kappa shape index (κ3) is 3.17. The van der Waals surface area contributed by atoms with Gasteiger partial charge >= 0.3 is 0 Å². The van der Waals surface area contributed by atoms with Crippen LogP contribution >= 0.6 is 0 Å². The van der Waals surface area contributed by atoms with Gasteiger partial charge in [0.15, 0.2) is 0 Å². The van der Waals surface area contributed by atoms with Crippen LogP contribution in [0.15, 0.2) is 30.5 Å². The van der Waals surface area contributed by atoms with Gasteiger partial charge in [-0.15, -0.1) is 0 Å². The third-order valence-corrected chi connectivity index (χ3v) is 4.08. The zero-order valence-electron chi connectivity index (χ0n) is 11.4. The largest absolute Gasteiger partial charge is 0.361 e. The molecule has 3 heteroatoms. The molecule has 1 aliphatic heterocycles. The Morgan fingerprint density at radius 2 is 2.21 bits per heavy atom. The number of hydrogen-bond donors (Lipinski definition) is 3. The van der Waals surface area contributed by atoms with Gasteiger partial charge < -0.3 is 15.6 Å². The number of aromatic amines is 1. The summed E-state index contributed by atoms with van der Waals surface area (Å²) in [6.45, 7) is 4.60. The lowest BCUT2D eigenvalue weighted by Gasteiger charge is -2.22. The van der Waals surface area contributed by atoms with Gasteiger partial charge in [0.2, 0.25) is 0 Å². The van der Waals surface area contributed by atoms with E-state index in [9.17, 15) is 0 Å². The first-order chi connectivity index (χ1) is 9.43. The van der Waals surface area contributed by atoms with E-state index in [0.29, 0.717) is 0 Å². The average Bonchev–Trinajstić information content (AvgIpc) is 2.88. The summed E-state index contributed by atoms with van der Waals surface area (Å²) in [6, 6.07) is 8.53. The lowest BCUT2D eigenvalue weighted by Crippen LogP contribution is -2.36. The van der Waals surface area contributed by atoms with Gasteiger partial charge in [0.05, 0.1) is 0 Å². The van der Waals surface area contributed by atoms with Crippen molar-refractivity contribution in [2.24, 2.45) is 5.92 Å². The maximum Gasteiger partial charge on any atom is 0.0456 e. The van der Waals surface area contributed by atoms with Crippen LogP contribution in [0.5, 0.6) is 0 Å². The third-order valence-electron chi connectivity index (χ3n) is 4.08. The number of H-pyrrole nitrogens is 1. The Balaban J connectivity index is 1.47. The highest BCUT2D eigenvalue weighted by atomic mass is 14.9. The molecule has 3 rings (SSSR count). The Bertz CT molecular complexity index is 511. The molecule has 1 aromatic carbocycles. The van der Waals surface area contributed by atoms with Crippen LogP contribution in [0.2, 0.25) is 0 Å². The molecule has 1 aromatic heterocycles. The summed E-state index contributed by atoms with van der Waals surface area (Å²) >= 11 is 0. The van der Waals surface area contributed by atoms with E-state index in [0.717, 1.165) is 25.4 Å². The van der Waals surface area contributed by atoms with Gasteiger partial charge in [-0.25, -0.2) is 0 Å². The smallest absolute Gasteiger partial charge is 0.0456 e. The van der Waals surface area contributed by atoms with Gasteiger partial charge in [-0.3, -0.25) is 0 Å². The molecule has 3 N–H and O–H groups in total. The van der Waals surface area contributed by atoms with Crippen molar-refractivity contribution in [3.8, 4) is 0 Å². The summed E-state index contributed by atoms with van der Waals surface area (Å²) in [7, 11) is 0. The molecule has 0 spiro atoms. The standard InChI is InChI=1S/C16H23N3/c1-2-6-16-15(5-1)14(12-19-16)7-9-18-11-13-4-3-8-17-10-13/h1-2,5-6,12-13,17-19H,3-4,7-11H2. The van der Waals surface area contributed by atoms with Crippen LogP contribution in [0.1, 0.15) is 18.4 Å². The van der Waals surface area contributed by atoms with Gasteiger partial charge in [0.25, 0.3) is 0 Å². The second-order valence-corrected chi connectivity index (χ2v) is 5.53. The molecule has 0 aliphatic carbocycles. The van der Waals surface area contributed by atoms with Crippen LogP contribution in [0.4, 0.5) is 0 Å². The predicted molar refractivity (Wildman–Crippen MR) is 80.5 cm³/mol.